The van der Waals surface area contributed by atoms with Gasteiger partial charge < -0.3 is 0 Å². The first-order valence-corrected chi connectivity index (χ1v) is 13.0. The molecule has 31 heavy (non-hydrogen) atoms. The number of rotatable bonds is 5. The fourth-order valence-electron chi connectivity index (χ4n) is 8.75. The molecule has 0 N–H and O–H groups in total. The summed E-state index contributed by atoms with van der Waals surface area (Å²) in [5.74, 6) is 3.81. The van der Waals surface area contributed by atoms with Crippen LogP contribution in [0.3, 0.4) is 0 Å². The van der Waals surface area contributed by atoms with Gasteiger partial charge in [0.2, 0.25) is 0 Å². The molecule has 4 aliphatic carbocycles. The maximum atomic E-state index is 13.2. The van der Waals surface area contributed by atoms with Gasteiger partial charge in [0.25, 0.3) is 0 Å². The Morgan fingerprint density at radius 1 is 1.10 bits per heavy atom. The average Bonchev–Trinajstić information content (AvgIpc) is 3.07. The molecule has 3 saturated carbocycles. The van der Waals surface area contributed by atoms with Crippen molar-refractivity contribution >= 4 is 11.6 Å². The summed E-state index contributed by atoms with van der Waals surface area (Å²) in [6.45, 7) is 14.2. The molecule has 0 heterocycles. The summed E-state index contributed by atoms with van der Waals surface area (Å²) in [7, 11) is 0. The Bertz CT molecular complexity index is 813. The van der Waals surface area contributed by atoms with Gasteiger partial charge in [0, 0.05) is 18.4 Å². The van der Waals surface area contributed by atoms with E-state index in [-0.39, 0.29) is 17.0 Å². The standard InChI is InChI=1S/C29H44O2/c1-7-20(18(2)3)9-8-19(4)23-10-11-24-22-17-27(31)26-16-21(30)12-14-29(26,6)25(22)13-15-28(23,24)5/h16,19,22-25H,7-15,17H2,1-6H3/t19-,22+,23-,24+,25+,28-,29-/m1/s1. The zero-order valence-electron chi connectivity index (χ0n) is 20.9. The highest BCUT2D eigenvalue weighted by Crippen LogP contribution is 2.67. The van der Waals surface area contributed by atoms with Gasteiger partial charge in [-0.05, 0) is 112 Å². The first-order chi connectivity index (χ1) is 14.6. The average molecular weight is 425 g/mol. The third-order valence-corrected chi connectivity index (χ3v) is 10.6. The van der Waals surface area contributed by atoms with Crippen molar-refractivity contribution in [1.29, 1.82) is 0 Å². The van der Waals surface area contributed by atoms with Gasteiger partial charge in [-0.2, -0.15) is 0 Å². The molecule has 0 spiro atoms. The molecule has 0 saturated heterocycles. The zero-order chi connectivity index (χ0) is 22.6. The van der Waals surface area contributed by atoms with Gasteiger partial charge in [-0.25, -0.2) is 0 Å². The lowest BCUT2D eigenvalue weighted by Gasteiger charge is -2.57. The van der Waals surface area contributed by atoms with E-state index < -0.39 is 0 Å². The Labute approximate surface area is 190 Å². The Morgan fingerprint density at radius 2 is 1.84 bits per heavy atom. The van der Waals surface area contributed by atoms with Crippen LogP contribution in [-0.4, -0.2) is 11.6 Å². The number of Topliss-reactive ketones (excluding diaryl/α,β-unsaturated/α-hetero) is 1. The van der Waals surface area contributed by atoms with Gasteiger partial charge in [0.05, 0.1) is 0 Å². The van der Waals surface area contributed by atoms with E-state index in [2.05, 4.69) is 41.5 Å². The second-order valence-corrected chi connectivity index (χ2v) is 12.1. The minimum atomic E-state index is -0.0571. The van der Waals surface area contributed by atoms with Crippen molar-refractivity contribution in [1.82, 2.24) is 0 Å². The molecule has 4 aliphatic rings. The van der Waals surface area contributed by atoms with E-state index in [9.17, 15) is 9.59 Å². The zero-order valence-corrected chi connectivity index (χ0v) is 20.9. The van der Waals surface area contributed by atoms with Crippen LogP contribution in [0.1, 0.15) is 106 Å². The van der Waals surface area contributed by atoms with E-state index >= 15 is 0 Å². The normalized spacial score (nSPS) is 40.5. The van der Waals surface area contributed by atoms with E-state index in [1.807, 2.05) is 0 Å². The van der Waals surface area contributed by atoms with Gasteiger partial charge >= 0.3 is 0 Å². The van der Waals surface area contributed by atoms with Crippen molar-refractivity contribution in [2.45, 2.75) is 106 Å². The van der Waals surface area contributed by atoms with Gasteiger partial charge in [-0.1, -0.05) is 38.8 Å². The fourth-order valence-corrected chi connectivity index (χ4v) is 8.75. The van der Waals surface area contributed by atoms with Crippen LogP contribution in [0.2, 0.25) is 0 Å². The fraction of sp³-hybridized carbons (Fsp3) is 0.793. The summed E-state index contributed by atoms with van der Waals surface area (Å²) in [5, 5.41) is 0. The van der Waals surface area contributed by atoms with E-state index in [0.29, 0.717) is 36.0 Å². The van der Waals surface area contributed by atoms with Crippen LogP contribution in [0.5, 0.6) is 0 Å². The molecule has 4 rings (SSSR count). The molecule has 0 unspecified atom stereocenters. The molecule has 0 amide bonds. The van der Waals surface area contributed by atoms with Crippen molar-refractivity contribution in [2.75, 3.05) is 0 Å². The summed E-state index contributed by atoms with van der Waals surface area (Å²) in [4.78, 5) is 25.2. The number of carbonyl (C=O) groups is 2. The van der Waals surface area contributed by atoms with Crippen LogP contribution >= 0.6 is 0 Å². The van der Waals surface area contributed by atoms with E-state index in [0.717, 1.165) is 23.8 Å². The Kier molecular flexibility index (Phi) is 6.16. The summed E-state index contributed by atoms with van der Waals surface area (Å²) >= 11 is 0. The third kappa shape index (κ3) is 3.70. The van der Waals surface area contributed by atoms with Gasteiger partial charge in [-0.15, -0.1) is 0 Å². The highest BCUT2D eigenvalue weighted by Gasteiger charge is 2.60. The van der Waals surface area contributed by atoms with Crippen molar-refractivity contribution < 1.29 is 9.59 Å². The maximum absolute atomic E-state index is 13.2. The van der Waals surface area contributed by atoms with Crippen LogP contribution in [-0.2, 0) is 9.59 Å². The molecular weight excluding hydrogens is 380 g/mol. The van der Waals surface area contributed by atoms with Crippen molar-refractivity contribution in [3.05, 3.63) is 22.8 Å². The van der Waals surface area contributed by atoms with Crippen molar-refractivity contribution in [3.63, 3.8) is 0 Å². The topological polar surface area (TPSA) is 34.1 Å². The molecule has 7 atom stereocenters. The molecule has 3 fully saturated rings. The minimum Gasteiger partial charge on any atom is -0.295 e. The Hall–Kier alpha value is -1.18. The predicted molar refractivity (Wildman–Crippen MR) is 128 cm³/mol. The molecule has 172 valence electrons. The number of hydrogen-bond donors (Lipinski definition) is 0. The van der Waals surface area contributed by atoms with E-state index in [1.165, 1.54) is 50.5 Å². The lowest BCUT2D eigenvalue weighted by Crippen LogP contribution is -2.53. The predicted octanol–water partition coefficient (Wildman–Crippen LogP) is 7.48. The summed E-state index contributed by atoms with van der Waals surface area (Å²) < 4.78 is 0. The molecule has 0 aromatic carbocycles. The first kappa shape index (κ1) is 23.0. The second kappa shape index (κ2) is 8.31. The van der Waals surface area contributed by atoms with Crippen molar-refractivity contribution in [2.24, 2.45) is 40.4 Å². The van der Waals surface area contributed by atoms with E-state index in [4.69, 9.17) is 0 Å². The number of ketones is 2. The molecule has 0 bridgehead atoms. The Balaban J connectivity index is 1.54. The third-order valence-electron chi connectivity index (χ3n) is 10.6. The summed E-state index contributed by atoms with van der Waals surface area (Å²) in [6, 6.07) is 0. The molecule has 0 aromatic heterocycles. The number of allylic oxidation sites excluding steroid dienone is 3. The lowest BCUT2D eigenvalue weighted by molar-refractivity contribution is -0.131. The largest absolute Gasteiger partial charge is 0.295 e. The molecule has 0 aromatic rings. The van der Waals surface area contributed by atoms with Gasteiger partial charge in [0.15, 0.2) is 11.6 Å². The van der Waals surface area contributed by atoms with Gasteiger partial charge in [0.1, 0.15) is 0 Å². The smallest absolute Gasteiger partial charge is 0.159 e. The minimum absolute atomic E-state index is 0.0571. The molecular formula is C29H44O2. The quantitative estimate of drug-likeness (QED) is 0.429. The number of carbonyl (C=O) groups excluding carboxylic acids is 2. The summed E-state index contributed by atoms with van der Waals surface area (Å²) in [6.07, 6.45) is 12.9. The molecule has 0 radical (unpaired) electrons. The highest BCUT2D eigenvalue weighted by atomic mass is 16.1. The van der Waals surface area contributed by atoms with E-state index in [1.54, 1.807) is 11.6 Å². The second-order valence-electron chi connectivity index (χ2n) is 12.1. The molecule has 0 aliphatic heterocycles. The van der Waals surface area contributed by atoms with Crippen LogP contribution in [0.15, 0.2) is 22.8 Å². The highest BCUT2D eigenvalue weighted by molar-refractivity contribution is 6.05. The van der Waals surface area contributed by atoms with Crippen molar-refractivity contribution in [3.8, 4) is 0 Å². The number of hydrogen-bond acceptors (Lipinski definition) is 2. The molecule has 2 nitrogen and oxygen atoms in total. The summed E-state index contributed by atoms with van der Waals surface area (Å²) in [5.41, 5.74) is 4.37. The monoisotopic (exact) mass is 424 g/mol. The first-order valence-electron chi connectivity index (χ1n) is 13.0. The Morgan fingerprint density at radius 3 is 2.52 bits per heavy atom. The van der Waals surface area contributed by atoms with Crippen LogP contribution in [0, 0.1) is 40.4 Å². The molecule has 2 heteroatoms. The van der Waals surface area contributed by atoms with Crippen LogP contribution < -0.4 is 0 Å². The van der Waals surface area contributed by atoms with Crippen LogP contribution in [0.25, 0.3) is 0 Å². The number of fused-ring (bicyclic) bond motifs is 5. The van der Waals surface area contributed by atoms with Gasteiger partial charge in [-0.3, -0.25) is 9.59 Å². The lowest BCUT2D eigenvalue weighted by atomic mass is 9.46. The van der Waals surface area contributed by atoms with Crippen LogP contribution in [0.4, 0.5) is 0 Å². The maximum Gasteiger partial charge on any atom is 0.159 e. The SMILES string of the molecule is CCC(CC[C@@H](C)[C@H]1CC[C@H]2[C@@H]3CC(=O)C4=CC(=O)CC[C@]4(C)[C@H]3CC[C@]12C)=C(C)C.